The van der Waals surface area contributed by atoms with Crippen molar-refractivity contribution in [2.45, 2.75) is 12.3 Å². The van der Waals surface area contributed by atoms with E-state index in [2.05, 4.69) is 10.3 Å². The molecule has 0 aliphatic rings. The average molecular weight is 292 g/mol. The van der Waals surface area contributed by atoms with E-state index in [-0.39, 0.29) is 11.7 Å². The standard InChI is InChI=1S/C14H16N2O3S/c1-20(18,19)10-11-2-4-13(5-3-11)14(17)16-9-12-6-7-15-8-12/h2-8,15H,9-10H2,1H3,(H,16,17). The molecule has 106 valence electrons. The van der Waals surface area contributed by atoms with Crippen LogP contribution in [0.3, 0.4) is 0 Å². The fourth-order valence-corrected chi connectivity index (χ4v) is 2.61. The van der Waals surface area contributed by atoms with Crippen molar-refractivity contribution in [2.24, 2.45) is 0 Å². The van der Waals surface area contributed by atoms with Gasteiger partial charge in [0.05, 0.1) is 5.75 Å². The molecule has 1 aromatic carbocycles. The molecule has 0 aliphatic carbocycles. The van der Waals surface area contributed by atoms with Gasteiger partial charge in [-0.05, 0) is 29.3 Å². The highest BCUT2D eigenvalue weighted by Crippen LogP contribution is 2.08. The van der Waals surface area contributed by atoms with E-state index in [0.717, 1.165) is 5.56 Å². The Morgan fingerprint density at radius 2 is 1.85 bits per heavy atom. The zero-order valence-corrected chi connectivity index (χ0v) is 11.9. The van der Waals surface area contributed by atoms with Crippen LogP contribution < -0.4 is 5.32 Å². The van der Waals surface area contributed by atoms with Crippen LogP contribution in [0.25, 0.3) is 0 Å². The lowest BCUT2D eigenvalue weighted by atomic mass is 10.1. The molecule has 6 heteroatoms. The molecule has 2 aromatic rings. The summed E-state index contributed by atoms with van der Waals surface area (Å²) in [5.41, 5.74) is 2.18. The number of carbonyl (C=O) groups is 1. The second kappa shape index (κ2) is 5.92. The van der Waals surface area contributed by atoms with Crippen molar-refractivity contribution in [1.82, 2.24) is 10.3 Å². The zero-order valence-electron chi connectivity index (χ0n) is 11.1. The van der Waals surface area contributed by atoms with Crippen LogP contribution in [0.5, 0.6) is 0 Å². The summed E-state index contributed by atoms with van der Waals surface area (Å²) < 4.78 is 22.3. The van der Waals surface area contributed by atoms with Crippen molar-refractivity contribution in [3.8, 4) is 0 Å². The number of aromatic amines is 1. The first kappa shape index (κ1) is 14.3. The Balaban J connectivity index is 1.97. The third-order valence-corrected chi connectivity index (χ3v) is 3.62. The second-order valence-corrected chi connectivity index (χ2v) is 6.81. The van der Waals surface area contributed by atoms with Crippen molar-refractivity contribution >= 4 is 15.7 Å². The maximum Gasteiger partial charge on any atom is 0.251 e. The van der Waals surface area contributed by atoms with E-state index >= 15 is 0 Å². The Hall–Kier alpha value is -2.08. The molecule has 0 spiro atoms. The first-order valence-electron chi connectivity index (χ1n) is 6.10. The molecule has 2 rings (SSSR count). The Morgan fingerprint density at radius 3 is 2.40 bits per heavy atom. The van der Waals surface area contributed by atoms with Crippen LogP contribution in [0, 0.1) is 0 Å². The molecule has 0 saturated carbocycles. The van der Waals surface area contributed by atoms with Gasteiger partial charge in [-0.2, -0.15) is 0 Å². The Bertz CT molecular complexity index is 674. The van der Waals surface area contributed by atoms with Gasteiger partial charge in [0.2, 0.25) is 0 Å². The number of carbonyl (C=O) groups excluding carboxylic acids is 1. The number of benzene rings is 1. The highest BCUT2D eigenvalue weighted by Gasteiger charge is 2.08. The number of H-pyrrole nitrogens is 1. The second-order valence-electron chi connectivity index (χ2n) is 4.67. The first-order valence-corrected chi connectivity index (χ1v) is 8.16. The number of aromatic nitrogens is 1. The quantitative estimate of drug-likeness (QED) is 0.876. The molecule has 0 atom stereocenters. The molecule has 1 aromatic heterocycles. The number of hydrogen-bond acceptors (Lipinski definition) is 3. The van der Waals surface area contributed by atoms with Gasteiger partial charge in [-0.15, -0.1) is 0 Å². The van der Waals surface area contributed by atoms with Gasteiger partial charge in [-0.3, -0.25) is 4.79 Å². The molecule has 5 nitrogen and oxygen atoms in total. The average Bonchev–Trinajstić information content (AvgIpc) is 2.88. The molecule has 0 unspecified atom stereocenters. The molecule has 1 heterocycles. The molecule has 20 heavy (non-hydrogen) atoms. The lowest BCUT2D eigenvalue weighted by Crippen LogP contribution is -2.22. The molecule has 1 amide bonds. The van der Waals surface area contributed by atoms with E-state index in [1.54, 1.807) is 30.5 Å². The summed E-state index contributed by atoms with van der Waals surface area (Å²) in [5.74, 6) is -0.199. The van der Waals surface area contributed by atoms with Gasteiger partial charge in [0.1, 0.15) is 0 Å². The minimum atomic E-state index is -3.05. The summed E-state index contributed by atoms with van der Waals surface area (Å²) in [5, 5.41) is 2.79. The lowest BCUT2D eigenvalue weighted by molar-refractivity contribution is 0.0951. The molecular weight excluding hydrogens is 276 g/mol. The van der Waals surface area contributed by atoms with Crippen LogP contribution in [0.1, 0.15) is 21.5 Å². The minimum absolute atomic E-state index is 0.0156. The van der Waals surface area contributed by atoms with Crippen molar-refractivity contribution in [3.05, 3.63) is 59.4 Å². The summed E-state index contributed by atoms with van der Waals surface area (Å²) in [6, 6.07) is 8.47. The first-order chi connectivity index (χ1) is 9.44. The zero-order chi connectivity index (χ0) is 14.6. The lowest BCUT2D eigenvalue weighted by Gasteiger charge is -2.05. The number of nitrogens with one attached hydrogen (secondary N) is 2. The fourth-order valence-electron chi connectivity index (χ4n) is 1.81. The van der Waals surface area contributed by atoms with Gasteiger partial charge < -0.3 is 10.3 Å². The predicted molar refractivity (Wildman–Crippen MR) is 77.0 cm³/mol. The Morgan fingerprint density at radius 1 is 1.15 bits per heavy atom. The third-order valence-electron chi connectivity index (χ3n) is 2.76. The maximum atomic E-state index is 11.9. The molecule has 0 saturated heterocycles. The number of amides is 1. The highest BCUT2D eigenvalue weighted by molar-refractivity contribution is 7.89. The highest BCUT2D eigenvalue weighted by atomic mass is 32.2. The van der Waals surface area contributed by atoms with Gasteiger partial charge in [-0.1, -0.05) is 12.1 Å². The van der Waals surface area contributed by atoms with Gasteiger partial charge in [0, 0.05) is 30.8 Å². The van der Waals surface area contributed by atoms with Crippen LogP contribution in [0.15, 0.2) is 42.7 Å². The predicted octanol–water partition coefficient (Wildman–Crippen LogP) is 1.49. The van der Waals surface area contributed by atoms with Crippen molar-refractivity contribution in [1.29, 1.82) is 0 Å². The smallest absolute Gasteiger partial charge is 0.251 e. The summed E-state index contributed by atoms with van der Waals surface area (Å²) >= 11 is 0. The molecule has 0 bridgehead atoms. The molecule has 0 fully saturated rings. The minimum Gasteiger partial charge on any atom is -0.367 e. The van der Waals surface area contributed by atoms with Gasteiger partial charge in [-0.25, -0.2) is 8.42 Å². The van der Waals surface area contributed by atoms with E-state index in [9.17, 15) is 13.2 Å². The van der Waals surface area contributed by atoms with Crippen LogP contribution >= 0.6 is 0 Å². The van der Waals surface area contributed by atoms with Gasteiger partial charge in [0.25, 0.3) is 5.91 Å². The number of sulfone groups is 1. The number of hydrogen-bond donors (Lipinski definition) is 2. The fraction of sp³-hybridized carbons (Fsp3) is 0.214. The maximum absolute atomic E-state index is 11.9. The molecule has 0 radical (unpaired) electrons. The van der Waals surface area contributed by atoms with Gasteiger partial charge >= 0.3 is 0 Å². The van der Waals surface area contributed by atoms with Crippen molar-refractivity contribution in [2.75, 3.05) is 6.26 Å². The Labute approximate surface area is 117 Å². The topological polar surface area (TPSA) is 79.0 Å². The third kappa shape index (κ3) is 4.24. The summed E-state index contributed by atoms with van der Waals surface area (Å²) in [6.45, 7) is 0.452. The van der Waals surface area contributed by atoms with Gasteiger partial charge in [0.15, 0.2) is 9.84 Å². The summed E-state index contributed by atoms with van der Waals surface area (Å²) in [4.78, 5) is 14.8. The summed E-state index contributed by atoms with van der Waals surface area (Å²) in [6.07, 6.45) is 4.79. The summed E-state index contributed by atoms with van der Waals surface area (Å²) in [7, 11) is -3.05. The molecule has 0 aliphatic heterocycles. The van der Waals surface area contributed by atoms with Crippen molar-refractivity contribution in [3.63, 3.8) is 0 Å². The Kier molecular flexibility index (Phi) is 4.24. The molecule has 2 N–H and O–H groups in total. The molecular formula is C14H16N2O3S. The SMILES string of the molecule is CS(=O)(=O)Cc1ccc(C(=O)NCc2cc[nH]c2)cc1. The van der Waals surface area contributed by atoms with E-state index in [1.165, 1.54) is 6.26 Å². The largest absolute Gasteiger partial charge is 0.367 e. The van der Waals surface area contributed by atoms with E-state index in [1.807, 2.05) is 12.3 Å². The van der Waals surface area contributed by atoms with Crippen molar-refractivity contribution < 1.29 is 13.2 Å². The van der Waals surface area contributed by atoms with Crippen LogP contribution in [0.4, 0.5) is 0 Å². The van der Waals surface area contributed by atoms with E-state index < -0.39 is 9.84 Å². The van der Waals surface area contributed by atoms with Crippen LogP contribution in [-0.4, -0.2) is 25.6 Å². The van der Waals surface area contributed by atoms with E-state index in [4.69, 9.17) is 0 Å². The van der Waals surface area contributed by atoms with Crippen LogP contribution in [0.2, 0.25) is 0 Å². The van der Waals surface area contributed by atoms with Crippen LogP contribution in [-0.2, 0) is 22.1 Å². The number of rotatable bonds is 5. The normalized spacial score (nSPS) is 11.2. The van der Waals surface area contributed by atoms with E-state index in [0.29, 0.717) is 17.7 Å². The monoisotopic (exact) mass is 292 g/mol.